The van der Waals surface area contributed by atoms with Crippen LogP contribution in [0.5, 0.6) is 0 Å². The van der Waals surface area contributed by atoms with E-state index in [2.05, 4.69) is 31.1 Å². The molecule has 0 saturated heterocycles. The van der Waals surface area contributed by atoms with Crippen molar-refractivity contribution in [1.82, 2.24) is 26.1 Å². The Labute approximate surface area is 204 Å². The smallest absolute Gasteiger partial charge is 0.407 e. The van der Waals surface area contributed by atoms with Crippen molar-refractivity contribution in [3.8, 4) is 11.4 Å². The van der Waals surface area contributed by atoms with Crippen molar-refractivity contribution in [2.75, 3.05) is 26.2 Å². The molecule has 0 fully saturated rings. The fraction of sp³-hybridized carbons (Fsp3) is 0.500. The summed E-state index contributed by atoms with van der Waals surface area (Å²) in [5, 5.41) is 13.6. The molecular weight excluding hydrogens is 535 g/mol. The van der Waals surface area contributed by atoms with Crippen molar-refractivity contribution in [2.45, 2.75) is 39.7 Å². The molecule has 0 aliphatic rings. The lowest BCUT2D eigenvalue weighted by molar-refractivity contribution is 0.0529. The maximum atomic E-state index is 11.6. The first-order valence-corrected chi connectivity index (χ1v) is 10.2. The molecule has 9 nitrogen and oxygen atoms in total. The Bertz CT molecular complexity index is 836. The summed E-state index contributed by atoms with van der Waals surface area (Å²) in [5.74, 6) is 1.66. The lowest BCUT2D eigenvalue weighted by atomic mass is 10.2. The molecule has 0 aliphatic heterocycles. The molecule has 2 aromatic rings. The van der Waals surface area contributed by atoms with Crippen LogP contribution >= 0.6 is 35.6 Å². The van der Waals surface area contributed by atoms with Crippen molar-refractivity contribution in [3.63, 3.8) is 0 Å². The number of aliphatic imine (C=N–C) groups is 1. The van der Waals surface area contributed by atoms with E-state index in [1.54, 1.807) is 12.1 Å². The number of benzene rings is 1. The molecule has 11 heteroatoms. The second kappa shape index (κ2) is 13.4. The highest BCUT2D eigenvalue weighted by Gasteiger charge is 2.15. The van der Waals surface area contributed by atoms with Crippen molar-refractivity contribution in [2.24, 2.45) is 4.99 Å². The standard InChI is InChI=1S/C20H29ClN6O3.HI/c1-5-22-18(24-12-13-25-19(28)29-20(2,3)4)23-11-10-16-26-17(27-30-16)14-6-8-15(21)9-7-14;/h6-9H,5,10-13H2,1-4H3,(H,25,28)(H2,22,23,24);1H. The SMILES string of the molecule is CCNC(=NCCc1nc(-c2ccc(Cl)cc2)no1)NCCNC(=O)OC(C)(C)C.I. The molecular formula is C20H30ClIN6O3. The summed E-state index contributed by atoms with van der Waals surface area (Å²) in [5.41, 5.74) is 0.321. The van der Waals surface area contributed by atoms with Gasteiger partial charge in [0.2, 0.25) is 11.7 Å². The lowest BCUT2D eigenvalue weighted by Gasteiger charge is -2.19. The number of hydrogen-bond acceptors (Lipinski definition) is 6. The molecule has 172 valence electrons. The average molecular weight is 565 g/mol. The highest BCUT2D eigenvalue weighted by atomic mass is 127. The van der Waals surface area contributed by atoms with Gasteiger partial charge in [-0.3, -0.25) is 4.99 Å². The van der Waals surface area contributed by atoms with Crippen LogP contribution in [-0.4, -0.2) is 54.0 Å². The molecule has 1 amide bonds. The van der Waals surface area contributed by atoms with E-state index in [1.807, 2.05) is 39.8 Å². The molecule has 0 bridgehead atoms. The largest absolute Gasteiger partial charge is 0.444 e. The fourth-order valence-electron chi connectivity index (χ4n) is 2.34. The maximum absolute atomic E-state index is 11.6. The normalized spacial score (nSPS) is 11.5. The maximum Gasteiger partial charge on any atom is 0.407 e. The number of nitrogens with zero attached hydrogens (tertiary/aromatic N) is 3. The zero-order chi connectivity index (χ0) is 22.0. The number of rotatable bonds is 8. The van der Waals surface area contributed by atoms with E-state index in [0.29, 0.717) is 55.3 Å². The number of carbonyl (C=O) groups is 1. The van der Waals surface area contributed by atoms with E-state index in [1.165, 1.54) is 0 Å². The number of aromatic nitrogens is 2. The van der Waals surface area contributed by atoms with Crippen molar-refractivity contribution in [1.29, 1.82) is 0 Å². The Kier molecular flexibility index (Phi) is 11.6. The van der Waals surface area contributed by atoms with Gasteiger partial charge in [0.25, 0.3) is 0 Å². The Morgan fingerprint density at radius 1 is 1.16 bits per heavy atom. The van der Waals surface area contributed by atoms with Crippen molar-refractivity contribution < 1.29 is 14.1 Å². The molecule has 1 heterocycles. The summed E-state index contributed by atoms with van der Waals surface area (Å²) in [4.78, 5) is 20.5. The zero-order valence-corrected chi connectivity index (χ0v) is 21.3. The minimum atomic E-state index is -0.518. The minimum Gasteiger partial charge on any atom is -0.444 e. The molecule has 31 heavy (non-hydrogen) atoms. The second-order valence-electron chi connectivity index (χ2n) is 7.38. The number of nitrogens with one attached hydrogen (secondary N) is 3. The van der Waals surface area contributed by atoms with Crippen LogP contribution in [0.15, 0.2) is 33.8 Å². The third-order valence-electron chi connectivity index (χ3n) is 3.60. The molecule has 0 spiro atoms. The van der Waals surface area contributed by atoms with Gasteiger partial charge in [-0.05, 0) is 52.0 Å². The van der Waals surface area contributed by atoms with E-state index in [0.717, 1.165) is 5.56 Å². The molecule has 1 aromatic heterocycles. The number of ether oxygens (including phenoxy) is 1. The number of hydrogen-bond donors (Lipinski definition) is 3. The monoisotopic (exact) mass is 564 g/mol. The van der Waals surface area contributed by atoms with Gasteiger partial charge in [0.05, 0.1) is 6.54 Å². The molecule has 0 saturated carbocycles. The number of amides is 1. The molecule has 2 rings (SSSR count). The fourth-order valence-corrected chi connectivity index (χ4v) is 2.46. The van der Waals surface area contributed by atoms with E-state index in [9.17, 15) is 4.79 Å². The summed E-state index contributed by atoms with van der Waals surface area (Å²) >= 11 is 5.90. The van der Waals surface area contributed by atoms with Crippen LogP contribution in [0.1, 0.15) is 33.6 Å². The number of alkyl carbamates (subject to hydrolysis) is 1. The highest BCUT2D eigenvalue weighted by Crippen LogP contribution is 2.18. The Hall–Kier alpha value is -2.08. The molecule has 0 unspecified atom stereocenters. The molecule has 3 N–H and O–H groups in total. The lowest BCUT2D eigenvalue weighted by Crippen LogP contribution is -2.42. The van der Waals surface area contributed by atoms with Crippen LogP contribution < -0.4 is 16.0 Å². The molecule has 0 radical (unpaired) electrons. The number of halogens is 2. The molecule has 0 aliphatic carbocycles. The Morgan fingerprint density at radius 3 is 2.48 bits per heavy atom. The van der Waals surface area contributed by atoms with Gasteiger partial charge in [-0.15, -0.1) is 24.0 Å². The van der Waals surface area contributed by atoms with Gasteiger partial charge >= 0.3 is 6.09 Å². The summed E-state index contributed by atoms with van der Waals surface area (Å²) in [6.45, 7) is 9.55. The summed E-state index contributed by atoms with van der Waals surface area (Å²) in [6, 6.07) is 7.24. The molecule has 0 atom stereocenters. The van der Waals surface area contributed by atoms with Crippen molar-refractivity contribution >= 4 is 47.6 Å². The highest BCUT2D eigenvalue weighted by molar-refractivity contribution is 14.0. The molecule has 1 aromatic carbocycles. The quantitative estimate of drug-likeness (QED) is 0.194. The van der Waals surface area contributed by atoms with Gasteiger partial charge in [-0.2, -0.15) is 4.98 Å². The van der Waals surface area contributed by atoms with Crippen molar-refractivity contribution in [3.05, 3.63) is 35.2 Å². The summed E-state index contributed by atoms with van der Waals surface area (Å²) < 4.78 is 10.5. The van der Waals surface area contributed by atoms with E-state index < -0.39 is 11.7 Å². The predicted molar refractivity (Wildman–Crippen MR) is 132 cm³/mol. The van der Waals surface area contributed by atoms with Crippen LogP contribution in [0.25, 0.3) is 11.4 Å². The van der Waals surface area contributed by atoms with Gasteiger partial charge in [-0.25, -0.2) is 4.79 Å². The van der Waals surface area contributed by atoms with Crippen LogP contribution in [0, 0.1) is 0 Å². The average Bonchev–Trinajstić information content (AvgIpc) is 3.13. The third kappa shape index (κ3) is 10.7. The van der Waals surface area contributed by atoms with Gasteiger partial charge in [0.15, 0.2) is 5.96 Å². The van der Waals surface area contributed by atoms with Gasteiger partial charge in [0, 0.05) is 36.6 Å². The van der Waals surface area contributed by atoms with Gasteiger partial charge in [0.1, 0.15) is 5.60 Å². The van der Waals surface area contributed by atoms with Gasteiger partial charge < -0.3 is 25.2 Å². The summed E-state index contributed by atoms with van der Waals surface area (Å²) in [6.07, 6.45) is 0.0620. The first kappa shape index (κ1) is 27.0. The van der Waals surface area contributed by atoms with Crippen LogP contribution in [0.3, 0.4) is 0 Å². The minimum absolute atomic E-state index is 0. The zero-order valence-electron chi connectivity index (χ0n) is 18.2. The third-order valence-corrected chi connectivity index (χ3v) is 3.85. The first-order chi connectivity index (χ1) is 14.3. The van der Waals surface area contributed by atoms with Crippen LogP contribution in [0.4, 0.5) is 4.79 Å². The number of carbonyl (C=O) groups excluding carboxylic acids is 1. The summed E-state index contributed by atoms with van der Waals surface area (Å²) in [7, 11) is 0. The number of guanidine groups is 1. The van der Waals surface area contributed by atoms with Crippen LogP contribution in [-0.2, 0) is 11.2 Å². The topological polar surface area (TPSA) is 114 Å². The Balaban J connectivity index is 0.00000480. The predicted octanol–water partition coefficient (Wildman–Crippen LogP) is 3.63. The Morgan fingerprint density at radius 2 is 1.84 bits per heavy atom. The van der Waals surface area contributed by atoms with E-state index in [-0.39, 0.29) is 24.0 Å². The second-order valence-corrected chi connectivity index (χ2v) is 7.82. The van der Waals surface area contributed by atoms with Gasteiger partial charge in [-0.1, -0.05) is 16.8 Å². The van der Waals surface area contributed by atoms with E-state index in [4.69, 9.17) is 20.9 Å². The first-order valence-electron chi connectivity index (χ1n) is 9.84. The van der Waals surface area contributed by atoms with E-state index >= 15 is 0 Å². The van der Waals surface area contributed by atoms with Crippen LogP contribution in [0.2, 0.25) is 5.02 Å².